The molecule has 0 fully saturated rings. The average Bonchev–Trinajstić information content (AvgIpc) is 3.15. The molecule has 0 atom stereocenters. The Morgan fingerprint density at radius 3 is 2.48 bits per heavy atom. The number of nitrogens with zero attached hydrogens (tertiary/aromatic N) is 2. The van der Waals surface area contributed by atoms with Gasteiger partial charge in [0.25, 0.3) is 0 Å². The first-order chi connectivity index (χ1) is 15.3. The summed E-state index contributed by atoms with van der Waals surface area (Å²) in [5.74, 6) is 1.39. The standard InChI is InChI=1S/C26H21N3O2/c30-26(27-20-11-2-1-3-12-20)17-29-23-15-7-6-14-22(23)28-25(29)18-31-24-16-8-10-19-9-4-5-13-21(19)24/h1-16H,17-18H2,(H,27,30). The summed E-state index contributed by atoms with van der Waals surface area (Å²) in [6, 6.07) is 31.4. The first kappa shape index (κ1) is 18.9. The molecular weight excluding hydrogens is 386 g/mol. The summed E-state index contributed by atoms with van der Waals surface area (Å²) in [5.41, 5.74) is 2.51. The number of anilines is 1. The normalized spacial score (nSPS) is 11.0. The van der Waals surface area contributed by atoms with Crippen molar-refractivity contribution in [2.45, 2.75) is 13.2 Å². The zero-order chi connectivity index (χ0) is 21.0. The van der Waals surface area contributed by atoms with Gasteiger partial charge in [-0.1, -0.05) is 66.7 Å². The quantitative estimate of drug-likeness (QED) is 0.410. The van der Waals surface area contributed by atoms with Gasteiger partial charge in [-0.2, -0.15) is 0 Å². The highest BCUT2D eigenvalue weighted by Crippen LogP contribution is 2.26. The number of aromatic nitrogens is 2. The van der Waals surface area contributed by atoms with Crippen LogP contribution >= 0.6 is 0 Å². The Balaban J connectivity index is 1.42. The van der Waals surface area contributed by atoms with E-state index in [1.807, 2.05) is 89.5 Å². The molecule has 1 aromatic heterocycles. The second-order valence-electron chi connectivity index (χ2n) is 7.28. The summed E-state index contributed by atoms with van der Waals surface area (Å²) < 4.78 is 8.08. The van der Waals surface area contributed by atoms with Crippen molar-refractivity contribution >= 4 is 33.4 Å². The molecule has 0 aliphatic rings. The summed E-state index contributed by atoms with van der Waals surface area (Å²) in [5, 5.41) is 5.11. The van der Waals surface area contributed by atoms with Gasteiger partial charge in [0.1, 0.15) is 24.7 Å². The van der Waals surface area contributed by atoms with Crippen LogP contribution in [0.1, 0.15) is 5.82 Å². The molecule has 152 valence electrons. The lowest BCUT2D eigenvalue weighted by Crippen LogP contribution is -2.20. The zero-order valence-corrected chi connectivity index (χ0v) is 16.9. The second kappa shape index (κ2) is 8.32. The lowest BCUT2D eigenvalue weighted by molar-refractivity contribution is -0.116. The number of carbonyl (C=O) groups excluding carboxylic acids is 1. The molecule has 0 aliphatic carbocycles. The summed E-state index contributed by atoms with van der Waals surface area (Å²) in [6.45, 7) is 0.422. The number of carbonyl (C=O) groups is 1. The van der Waals surface area contributed by atoms with Crippen LogP contribution in [0.2, 0.25) is 0 Å². The lowest BCUT2D eigenvalue weighted by atomic mass is 10.1. The highest BCUT2D eigenvalue weighted by Gasteiger charge is 2.15. The molecule has 5 aromatic rings. The van der Waals surface area contributed by atoms with Crippen molar-refractivity contribution in [3.63, 3.8) is 0 Å². The molecule has 0 aliphatic heterocycles. The third-order valence-corrected chi connectivity index (χ3v) is 5.20. The van der Waals surface area contributed by atoms with Gasteiger partial charge in [-0.25, -0.2) is 4.98 Å². The Hall–Kier alpha value is -4.12. The molecule has 5 nitrogen and oxygen atoms in total. The number of benzene rings is 4. The van der Waals surface area contributed by atoms with Crippen LogP contribution in [-0.4, -0.2) is 15.5 Å². The van der Waals surface area contributed by atoms with Gasteiger partial charge in [-0.05, 0) is 35.7 Å². The highest BCUT2D eigenvalue weighted by atomic mass is 16.5. The molecule has 31 heavy (non-hydrogen) atoms. The van der Waals surface area contributed by atoms with Crippen LogP contribution in [0.4, 0.5) is 5.69 Å². The van der Waals surface area contributed by atoms with Crippen molar-refractivity contribution in [3.05, 3.63) is 103 Å². The number of nitrogens with one attached hydrogen (secondary N) is 1. The van der Waals surface area contributed by atoms with Crippen molar-refractivity contribution < 1.29 is 9.53 Å². The maximum atomic E-state index is 12.7. The Morgan fingerprint density at radius 1 is 0.839 bits per heavy atom. The van der Waals surface area contributed by atoms with Crippen LogP contribution in [0.15, 0.2) is 97.1 Å². The van der Waals surface area contributed by atoms with E-state index >= 15 is 0 Å². The van der Waals surface area contributed by atoms with Gasteiger partial charge in [-0.15, -0.1) is 0 Å². The maximum Gasteiger partial charge on any atom is 0.244 e. The number of ether oxygens (including phenoxy) is 1. The Bertz CT molecular complexity index is 1350. The largest absolute Gasteiger partial charge is 0.485 e. The van der Waals surface area contributed by atoms with Crippen LogP contribution in [0.25, 0.3) is 21.8 Å². The molecule has 0 saturated heterocycles. The summed E-state index contributed by atoms with van der Waals surface area (Å²) in [4.78, 5) is 17.5. The van der Waals surface area contributed by atoms with E-state index in [1.165, 1.54) is 0 Å². The van der Waals surface area contributed by atoms with Gasteiger partial charge < -0.3 is 14.6 Å². The topological polar surface area (TPSA) is 56.2 Å². The van der Waals surface area contributed by atoms with Crippen molar-refractivity contribution in [2.24, 2.45) is 0 Å². The number of rotatable bonds is 6. The fraction of sp³-hybridized carbons (Fsp3) is 0.0769. The molecule has 0 radical (unpaired) electrons. The van der Waals surface area contributed by atoms with Crippen LogP contribution < -0.4 is 10.1 Å². The Morgan fingerprint density at radius 2 is 1.58 bits per heavy atom. The Labute approximate surface area is 179 Å². The van der Waals surface area contributed by atoms with Gasteiger partial charge >= 0.3 is 0 Å². The molecule has 0 spiro atoms. The van der Waals surface area contributed by atoms with E-state index in [2.05, 4.69) is 17.4 Å². The molecule has 0 bridgehead atoms. The number of hydrogen-bond acceptors (Lipinski definition) is 3. The lowest BCUT2D eigenvalue weighted by Gasteiger charge is -2.12. The van der Waals surface area contributed by atoms with Crippen LogP contribution in [0.5, 0.6) is 5.75 Å². The predicted molar refractivity (Wildman–Crippen MR) is 123 cm³/mol. The molecule has 5 heteroatoms. The van der Waals surface area contributed by atoms with Gasteiger partial charge in [0.2, 0.25) is 5.91 Å². The van der Waals surface area contributed by atoms with Gasteiger partial charge in [0, 0.05) is 11.1 Å². The van der Waals surface area contributed by atoms with E-state index in [1.54, 1.807) is 0 Å². The van der Waals surface area contributed by atoms with Crippen molar-refractivity contribution in [2.75, 3.05) is 5.32 Å². The minimum absolute atomic E-state index is 0.110. The van der Waals surface area contributed by atoms with Gasteiger partial charge in [0.15, 0.2) is 0 Å². The second-order valence-corrected chi connectivity index (χ2v) is 7.28. The molecule has 0 saturated carbocycles. The fourth-order valence-electron chi connectivity index (χ4n) is 3.74. The monoisotopic (exact) mass is 407 g/mol. The molecule has 4 aromatic carbocycles. The van der Waals surface area contributed by atoms with E-state index in [9.17, 15) is 4.79 Å². The van der Waals surface area contributed by atoms with Gasteiger partial charge in [-0.3, -0.25) is 4.79 Å². The fourth-order valence-corrected chi connectivity index (χ4v) is 3.74. The van der Waals surface area contributed by atoms with Crippen molar-refractivity contribution in [1.29, 1.82) is 0 Å². The van der Waals surface area contributed by atoms with Crippen molar-refractivity contribution in [1.82, 2.24) is 9.55 Å². The molecule has 1 N–H and O–H groups in total. The van der Waals surface area contributed by atoms with E-state index in [4.69, 9.17) is 9.72 Å². The van der Waals surface area contributed by atoms with E-state index < -0.39 is 0 Å². The van der Waals surface area contributed by atoms with Crippen LogP contribution in [-0.2, 0) is 17.9 Å². The van der Waals surface area contributed by atoms with E-state index in [-0.39, 0.29) is 19.1 Å². The smallest absolute Gasteiger partial charge is 0.244 e. The van der Waals surface area contributed by atoms with Crippen LogP contribution in [0, 0.1) is 0 Å². The number of imidazole rings is 1. The number of hydrogen-bond donors (Lipinski definition) is 1. The predicted octanol–water partition coefficient (Wildman–Crippen LogP) is 5.41. The highest BCUT2D eigenvalue weighted by molar-refractivity contribution is 5.92. The minimum atomic E-state index is -0.110. The number of amides is 1. The Kier molecular flexibility index (Phi) is 5.07. The average molecular weight is 407 g/mol. The SMILES string of the molecule is O=C(Cn1c(COc2cccc3ccccc23)nc2ccccc21)Nc1ccccc1. The molecule has 1 heterocycles. The summed E-state index contributed by atoms with van der Waals surface area (Å²) in [7, 11) is 0. The first-order valence-corrected chi connectivity index (χ1v) is 10.2. The van der Waals surface area contributed by atoms with Gasteiger partial charge in [0.05, 0.1) is 11.0 Å². The molecular formula is C26H21N3O2. The third-order valence-electron chi connectivity index (χ3n) is 5.20. The molecule has 1 amide bonds. The van der Waals surface area contributed by atoms with Crippen LogP contribution in [0.3, 0.4) is 0 Å². The van der Waals surface area contributed by atoms with Crippen molar-refractivity contribution in [3.8, 4) is 5.75 Å². The number of para-hydroxylation sites is 3. The minimum Gasteiger partial charge on any atom is -0.485 e. The summed E-state index contributed by atoms with van der Waals surface area (Å²) >= 11 is 0. The summed E-state index contributed by atoms with van der Waals surface area (Å²) in [6.07, 6.45) is 0. The third kappa shape index (κ3) is 3.98. The molecule has 5 rings (SSSR count). The first-order valence-electron chi connectivity index (χ1n) is 10.2. The van der Waals surface area contributed by atoms with E-state index in [0.717, 1.165) is 33.2 Å². The zero-order valence-electron chi connectivity index (χ0n) is 16.9. The van der Waals surface area contributed by atoms with E-state index in [0.29, 0.717) is 5.82 Å². The maximum absolute atomic E-state index is 12.7. The number of fused-ring (bicyclic) bond motifs is 2. The molecule has 0 unspecified atom stereocenters.